The predicted octanol–water partition coefficient (Wildman–Crippen LogP) is 3.56. The largest absolute Gasteiger partial charge is 0.294 e. The Morgan fingerprint density at radius 3 is 2.47 bits per heavy atom. The van der Waals surface area contributed by atoms with E-state index < -0.39 is 0 Å². The molecule has 0 aromatic rings. The van der Waals surface area contributed by atoms with Crippen LogP contribution in [-0.2, 0) is 0 Å². The highest BCUT2D eigenvalue weighted by Gasteiger charge is 2.63. The van der Waals surface area contributed by atoms with Gasteiger partial charge in [-0.05, 0) is 67.4 Å². The summed E-state index contributed by atoms with van der Waals surface area (Å²) in [5, 5.41) is 0. The highest BCUT2D eigenvalue weighted by Crippen LogP contribution is 2.67. The zero-order valence-electron chi connectivity index (χ0n) is 10.9. The summed E-state index contributed by atoms with van der Waals surface area (Å²) in [6.07, 6.45) is 11.4. The first kappa shape index (κ1) is 10.3. The summed E-state index contributed by atoms with van der Waals surface area (Å²) in [5.74, 6) is 6.74. The second kappa shape index (κ2) is 3.46. The maximum absolute atomic E-state index is 4.85. The Bertz CT molecular complexity index is 383. The summed E-state index contributed by atoms with van der Waals surface area (Å²) in [4.78, 5) is 4.85. The van der Waals surface area contributed by atoms with Gasteiger partial charge in [-0.25, -0.2) is 0 Å². The fraction of sp³-hybridized carbons (Fsp3) is 0.812. The van der Waals surface area contributed by atoms with Gasteiger partial charge >= 0.3 is 0 Å². The Kier molecular flexibility index (Phi) is 2.11. The molecule has 4 aliphatic carbocycles. The van der Waals surface area contributed by atoms with Gasteiger partial charge in [-0.1, -0.05) is 25.5 Å². The minimum atomic E-state index is 0.670. The molecule has 0 radical (unpaired) electrons. The van der Waals surface area contributed by atoms with E-state index in [-0.39, 0.29) is 0 Å². The number of aliphatic imine (C=N–C) groups is 1. The molecule has 0 amide bonds. The molecule has 0 aromatic carbocycles. The molecule has 8 unspecified atom stereocenters. The van der Waals surface area contributed by atoms with E-state index in [2.05, 4.69) is 32.2 Å². The molecule has 0 heterocycles. The Hall–Kier alpha value is -0.590. The van der Waals surface area contributed by atoms with Gasteiger partial charge < -0.3 is 0 Å². The number of rotatable bonds is 2. The van der Waals surface area contributed by atoms with Crippen LogP contribution in [0.1, 0.15) is 33.1 Å². The topological polar surface area (TPSA) is 12.4 Å². The smallest absolute Gasteiger partial charge is 0.0557 e. The van der Waals surface area contributed by atoms with Crippen LogP contribution in [0.2, 0.25) is 0 Å². The van der Waals surface area contributed by atoms with Crippen molar-refractivity contribution in [2.24, 2.45) is 46.4 Å². The monoisotopic (exact) mass is 229 g/mol. The van der Waals surface area contributed by atoms with Gasteiger partial charge in [-0.2, -0.15) is 0 Å². The van der Waals surface area contributed by atoms with Crippen LogP contribution in [0.25, 0.3) is 0 Å². The quantitative estimate of drug-likeness (QED) is 0.390. The van der Waals surface area contributed by atoms with Gasteiger partial charge in [0.1, 0.15) is 0 Å². The minimum Gasteiger partial charge on any atom is -0.294 e. The highest BCUT2D eigenvalue weighted by molar-refractivity contribution is 5.54. The van der Waals surface area contributed by atoms with Crippen molar-refractivity contribution >= 4 is 6.21 Å². The first-order valence-electron chi connectivity index (χ1n) is 7.51. The molecule has 3 fully saturated rings. The summed E-state index contributed by atoms with van der Waals surface area (Å²) < 4.78 is 0. The zero-order valence-corrected chi connectivity index (χ0v) is 10.9. The van der Waals surface area contributed by atoms with E-state index in [1.165, 1.54) is 19.3 Å². The van der Waals surface area contributed by atoms with Crippen molar-refractivity contribution in [2.75, 3.05) is 0 Å². The van der Waals surface area contributed by atoms with E-state index in [1.54, 1.807) is 0 Å². The average molecular weight is 229 g/mol. The summed E-state index contributed by atoms with van der Waals surface area (Å²) in [7, 11) is 0. The standard InChI is InChI=1S/C16H23N/c1-3-11-12-8-13(16(11)17-4-2)15-10-6-5-9(7-10)14(12)15/h4-6,9-16H,3,7-8H2,1-2H3. The van der Waals surface area contributed by atoms with E-state index in [4.69, 9.17) is 4.99 Å². The number of allylic oxidation sites excluding steroid dienone is 2. The van der Waals surface area contributed by atoms with E-state index in [0.29, 0.717) is 6.04 Å². The van der Waals surface area contributed by atoms with Crippen molar-refractivity contribution in [2.45, 2.75) is 39.2 Å². The fourth-order valence-electron chi connectivity index (χ4n) is 6.07. The maximum Gasteiger partial charge on any atom is 0.0557 e. The molecule has 4 rings (SSSR count). The molecule has 3 saturated carbocycles. The van der Waals surface area contributed by atoms with E-state index in [9.17, 15) is 0 Å². The van der Waals surface area contributed by atoms with Crippen molar-refractivity contribution in [3.05, 3.63) is 12.2 Å². The molecule has 0 aliphatic heterocycles. The second-order valence-corrected chi connectivity index (χ2v) is 6.64. The lowest BCUT2D eigenvalue weighted by atomic mass is 9.67. The third-order valence-electron chi connectivity index (χ3n) is 6.34. The fourth-order valence-corrected chi connectivity index (χ4v) is 6.07. The van der Waals surface area contributed by atoms with Crippen LogP contribution in [0.3, 0.4) is 0 Å². The van der Waals surface area contributed by atoms with Crippen molar-refractivity contribution in [3.8, 4) is 0 Å². The molecular formula is C16H23N. The van der Waals surface area contributed by atoms with Gasteiger partial charge in [0.2, 0.25) is 0 Å². The lowest BCUT2D eigenvalue weighted by Crippen LogP contribution is -2.39. The molecule has 17 heavy (non-hydrogen) atoms. The first-order valence-corrected chi connectivity index (χ1v) is 7.51. The Labute approximate surface area is 104 Å². The van der Waals surface area contributed by atoms with Gasteiger partial charge in [-0.15, -0.1) is 0 Å². The molecule has 0 N–H and O–H groups in total. The summed E-state index contributed by atoms with van der Waals surface area (Å²) in [6, 6.07) is 0.670. The third kappa shape index (κ3) is 1.14. The van der Waals surface area contributed by atoms with Crippen molar-refractivity contribution in [3.63, 3.8) is 0 Å². The van der Waals surface area contributed by atoms with Gasteiger partial charge in [0.25, 0.3) is 0 Å². The van der Waals surface area contributed by atoms with Crippen molar-refractivity contribution < 1.29 is 0 Å². The summed E-state index contributed by atoms with van der Waals surface area (Å²) >= 11 is 0. The molecule has 0 saturated heterocycles. The van der Waals surface area contributed by atoms with Crippen molar-refractivity contribution in [1.29, 1.82) is 0 Å². The molecule has 4 bridgehead atoms. The zero-order chi connectivity index (χ0) is 11.6. The first-order chi connectivity index (χ1) is 8.35. The van der Waals surface area contributed by atoms with Gasteiger partial charge in [-0.3, -0.25) is 4.99 Å². The molecule has 1 nitrogen and oxygen atoms in total. The van der Waals surface area contributed by atoms with E-state index >= 15 is 0 Å². The molecular weight excluding hydrogens is 206 g/mol. The van der Waals surface area contributed by atoms with Crippen LogP contribution in [0.15, 0.2) is 17.1 Å². The lowest BCUT2D eigenvalue weighted by Gasteiger charge is -2.40. The van der Waals surface area contributed by atoms with Crippen LogP contribution in [0.5, 0.6) is 0 Å². The van der Waals surface area contributed by atoms with Crippen LogP contribution < -0.4 is 0 Å². The molecule has 92 valence electrons. The Morgan fingerprint density at radius 2 is 1.82 bits per heavy atom. The van der Waals surface area contributed by atoms with Crippen molar-refractivity contribution in [1.82, 2.24) is 0 Å². The SMILES string of the molecule is CC=NC1C(CC)C2CC1C1C3C=CC(C3)C21. The van der Waals surface area contributed by atoms with Gasteiger partial charge in [0.15, 0.2) is 0 Å². The second-order valence-electron chi connectivity index (χ2n) is 6.64. The number of hydrogen-bond acceptors (Lipinski definition) is 1. The molecule has 0 spiro atoms. The average Bonchev–Trinajstić information content (AvgIpc) is 3.06. The summed E-state index contributed by atoms with van der Waals surface area (Å²) in [5.41, 5.74) is 0. The Morgan fingerprint density at radius 1 is 1.12 bits per heavy atom. The third-order valence-corrected chi connectivity index (χ3v) is 6.34. The van der Waals surface area contributed by atoms with Crippen LogP contribution in [-0.4, -0.2) is 12.3 Å². The lowest BCUT2D eigenvalue weighted by molar-refractivity contribution is 0.126. The normalized spacial score (nSPS) is 58.5. The number of fused-ring (bicyclic) bond motifs is 9. The minimum absolute atomic E-state index is 0.670. The molecule has 4 aliphatic rings. The predicted molar refractivity (Wildman–Crippen MR) is 71.0 cm³/mol. The van der Waals surface area contributed by atoms with Crippen LogP contribution in [0.4, 0.5) is 0 Å². The number of hydrogen-bond donors (Lipinski definition) is 0. The Balaban J connectivity index is 1.71. The van der Waals surface area contributed by atoms with E-state index in [0.717, 1.165) is 41.4 Å². The molecule has 0 aromatic heterocycles. The highest BCUT2D eigenvalue weighted by atomic mass is 14.9. The molecule has 8 atom stereocenters. The van der Waals surface area contributed by atoms with E-state index in [1.807, 2.05) is 0 Å². The summed E-state index contributed by atoms with van der Waals surface area (Å²) in [6.45, 7) is 4.47. The van der Waals surface area contributed by atoms with Crippen LogP contribution in [0, 0.1) is 41.4 Å². The number of nitrogens with zero attached hydrogens (tertiary/aromatic N) is 1. The van der Waals surface area contributed by atoms with Gasteiger partial charge in [0.05, 0.1) is 6.04 Å². The molecule has 1 heteroatoms. The maximum atomic E-state index is 4.85. The van der Waals surface area contributed by atoms with Gasteiger partial charge in [0, 0.05) is 0 Å². The van der Waals surface area contributed by atoms with Crippen LogP contribution >= 0.6 is 0 Å².